The number of ether oxygens (including phenoxy) is 5. The van der Waals surface area contributed by atoms with Crippen LogP contribution in [0, 0.1) is 25.2 Å². The molecule has 1 aromatic heterocycles. The van der Waals surface area contributed by atoms with Crippen molar-refractivity contribution in [2.24, 2.45) is 11.3 Å². The standard InChI is InChI=1S/C28H34N2O4S.C25H40N2O2.C23H34N4O5.C19H20O4S.C18H23NO5S2/c1-5-6-8-20-11-13-22(14-12-20)24(31)18-21-9-7-10-23(17-21)26-25(27(32)34-16-15-33-4)19(2)30(3)28(35)29-26;1-5-6-7-8-9-10-23(28)19-21-11-13-22(14-12-21)26-15-17-27(18-16-26)24(29)20-25(2,3)4;1-4-30-14-8-12-24-22(28)20-17-32-21(25-20)16-27(13-9-15-31-5-2)23(29)26-19-11-7-6-10-18(19)3;1-3-23-15-8-6-14(7-9-15)17(20)12-18(19(21)22)24-16-10-4-13(2)5-11-16;1-15(2)13-19(26(22,23)18-7-5-4-6-8-18)14-16-9-11-17(12-10-16)24-25(3,20)21/h7,9-14,17,26H,5-6,8,15-16,18H2,1-4H3,(H,29,35);11-14H,5-10,15-20H2,1-4H3;6-7,10-11,17H,4-5,8-9,12-16H2,1-3H3,(H,24,28)(H,26,29);4-11,18H,3,12H2,1-2H3,(H,21,22);4-12,15H,13-14H2,1-3H3. The summed E-state index contributed by atoms with van der Waals surface area (Å²) in [5.41, 5.74) is 11.5. The van der Waals surface area contributed by atoms with Gasteiger partial charge in [-0.3, -0.25) is 28.8 Å². The highest BCUT2D eigenvalue weighted by Gasteiger charge is 2.35. The number of methoxy groups -OCH3 is 1. The number of carboxylic acids is 1. The summed E-state index contributed by atoms with van der Waals surface area (Å²) in [6, 6.07) is 59.9. The number of amides is 4. The fourth-order valence-corrected chi connectivity index (χ4v) is 18.7. The number of nitrogens with zero attached hydrogens (tertiary/aromatic N) is 6. The highest BCUT2D eigenvalue weighted by molar-refractivity contribution is 8.00. The number of rotatable bonds is 51. The maximum Gasteiger partial charge on any atom is 0.338 e. The molecule has 0 radical (unpaired) electrons. The number of thiocarbonyl (C=S) groups is 1. The lowest BCUT2D eigenvalue weighted by atomic mass is 9.91. The number of urea groups is 1. The summed E-state index contributed by atoms with van der Waals surface area (Å²) in [5, 5.41) is 18.1. The van der Waals surface area contributed by atoms with Gasteiger partial charge >= 0.3 is 28.1 Å². The van der Waals surface area contributed by atoms with Crippen LogP contribution < -0.4 is 29.8 Å². The summed E-state index contributed by atoms with van der Waals surface area (Å²) < 4.78 is 86.3. The van der Waals surface area contributed by atoms with Crippen molar-refractivity contribution in [3.63, 3.8) is 0 Å². The smallest absolute Gasteiger partial charge is 0.338 e. The van der Waals surface area contributed by atoms with Gasteiger partial charge in [-0.1, -0.05) is 207 Å². The molecule has 9 aromatic rings. The number of hydrogen-bond acceptors (Lipinski definition) is 23. The first-order chi connectivity index (χ1) is 69.7. The number of para-hydroxylation sites is 1. The Bertz CT molecular complexity index is 5840. The summed E-state index contributed by atoms with van der Waals surface area (Å²) in [7, 11) is -3.85. The Morgan fingerprint density at radius 2 is 1.26 bits per heavy atom. The highest BCUT2D eigenvalue weighted by Crippen LogP contribution is 2.34. The second-order valence-corrected chi connectivity index (χ2v) is 42.5. The van der Waals surface area contributed by atoms with Gasteiger partial charge < -0.3 is 72.9 Å². The van der Waals surface area contributed by atoms with E-state index in [1.165, 1.54) is 71.4 Å². The predicted octanol–water partition coefficient (Wildman–Crippen LogP) is 20.7. The van der Waals surface area contributed by atoms with Crippen molar-refractivity contribution in [1.29, 1.82) is 0 Å². The van der Waals surface area contributed by atoms with Crippen LogP contribution in [0.1, 0.15) is 235 Å². The second-order valence-electron chi connectivity index (χ2n) is 37.3. The average Bonchev–Trinajstić information content (AvgIpc) is 0.955. The monoisotopic (exact) mass is 2080 g/mol. The molecule has 792 valence electrons. The zero-order chi connectivity index (χ0) is 107. The van der Waals surface area contributed by atoms with E-state index in [2.05, 4.69) is 84.7 Å². The van der Waals surface area contributed by atoms with Gasteiger partial charge in [0.2, 0.25) is 21.8 Å². The molecule has 4 amide bonds. The minimum atomic E-state index is -3.63. The third kappa shape index (κ3) is 43.6. The zero-order valence-corrected chi connectivity index (χ0v) is 91.1. The molecule has 33 heteroatoms. The molecule has 11 rings (SSSR count). The van der Waals surface area contributed by atoms with Crippen molar-refractivity contribution in [1.82, 2.24) is 34.6 Å². The van der Waals surface area contributed by atoms with Crippen molar-refractivity contribution in [2.75, 3.05) is 123 Å². The van der Waals surface area contributed by atoms with Gasteiger partial charge in [-0.2, -0.15) is 12.7 Å². The van der Waals surface area contributed by atoms with Gasteiger partial charge in [0.05, 0.1) is 42.5 Å². The SMILES string of the molecule is CC(C)CN(Cc1ccc(OS(C)(=O)=O)cc1)S(=O)(=O)c1ccccc1.CCCCCCCC(=O)Cc1ccc(N2CCN(C(=O)CC(C)(C)C)CC2)cc1.CCCCc1ccc(C(=O)Cc2cccc(C3NC(=S)N(C)C(C)=C3C(=O)OCCOC)c2)cc1.CCOCCCNC(=O)c1coc(CN(CCCOCC)C(=O)Nc2ccccc2C)n1.CCOc1ccc(C(=O)CC(Sc2ccc(C)cc2)C(=O)O)cc1. The fourth-order valence-electron chi connectivity index (χ4n) is 15.4. The van der Waals surface area contributed by atoms with E-state index in [-0.39, 0.29) is 89.6 Å². The number of ketones is 3. The molecule has 146 heavy (non-hydrogen) atoms. The molecular weight excluding hydrogens is 1930 g/mol. The molecule has 0 spiro atoms. The molecule has 2 atom stereocenters. The number of oxazole rings is 1. The number of nitrogens with one attached hydrogen (secondary N) is 3. The summed E-state index contributed by atoms with van der Waals surface area (Å²) in [4.78, 5) is 113. The highest BCUT2D eigenvalue weighted by atomic mass is 32.2. The minimum absolute atomic E-state index is 0.0387. The number of sulfonamides is 1. The number of carboxylic acid groups (broad SMARTS) is 1. The van der Waals surface area contributed by atoms with E-state index in [9.17, 15) is 60.3 Å². The molecule has 3 heterocycles. The molecule has 1 fully saturated rings. The van der Waals surface area contributed by atoms with Crippen molar-refractivity contribution >= 4 is 108 Å². The lowest BCUT2D eigenvalue weighted by Gasteiger charge is -2.37. The number of allylic oxidation sites excluding steroid dienone is 1. The van der Waals surface area contributed by atoms with E-state index >= 15 is 0 Å². The lowest BCUT2D eigenvalue weighted by molar-refractivity contribution is -0.141. The molecule has 0 aliphatic carbocycles. The molecule has 2 aliphatic rings. The number of aliphatic carboxylic acids is 1. The van der Waals surface area contributed by atoms with Crippen LogP contribution >= 0.6 is 24.0 Å². The number of carbonyl (C=O) groups excluding carboxylic acids is 7. The van der Waals surface area contributed by atoms with Crippen LogP contribution in [-0.4, -0.2) is 216 Å². The quantitative estimate of drug-likeness (QED) is 0.00687. The van der Waals surface area contributed by atoms with Crippen LogP contribution in [0.25, 0.3) is 0 Å². The Balaban J connectivity index is 0.000000249. The summed E-state index contributed by atoms with van der Waals surface area (Å²) >= 11 is 6.68. The number of unbranched alkanes of at least 4 members (excludes halogenated alkanes) is 5. The first-order valence-corrected chi connectivity index (χ1v) is 54.8. The number of piperazine rings is 1. The van der Waals surface area contributed by atoms with Crippen molar-refractivity contribution < 1.29 is 92.6 Å². The molecule has 0 bridgehead atoms. The van der Waals surface area contributed by atoms with Crippen molar-refractivity contribution in [2.45, 2.75) is 220 Å². The summed E-state index contributed by atoms with van der Waals surface area (Å²) in [6.45, 7) is 34.5. The molecule has 4 N–H and O–H groups in total. The number of aryl methyl sites for hydroxylation is 3. The Kier molecular flexibility index (Phi) is 52.7. The first kappa shape index (κ1) is 121. The maximum absolute atomic E-state index is 13.0. The van der Waals surface area contributed by atoms with Crippen molar-refractivity contribution in [3.05, 3.63) is 279 Å². The van der Waals surface area contributed by atoms with E-state index in [1.807, 2.05) is 164 Å². The Hall–Kier alpha value is -12.0. The normalized spacial score (nSPS) is 13.2. The lowest BCUT2D eigenvalue weighted by Crippen LogP contribution is -2.49. The van der Waals surface area contributed by atoms with Gasteiger partial charge in [0.25, 0.3) is 5.91 Å². The Morgan fingerprint density at radius 3 is 1.88 bits per heavy atom. The van der Waals surface area contributed by atoms with Gasteiger partial charge in [-0.15, -0.1) is 11.8 Å². The van der Waals surface area contributed by atoms with Crippen LogP contribution in [-0.2, 0) is 90.6 Å². The topological polar surface area (TPSA) is 359 Å². The molecular formula is C113H151N9O20S4. The van der Waals surface area contributed by atoms with Crippen LogP contribution in [0.5, 0.6) is 11.5 Å². The van der Waals surface area contributed by atoms with Crippen LogP contribution in [0.2, 0.25) is 0 Å². The number of benzene rings is 8. The second kappa shape index (κ2) is 63.6. The number of Topliss-reactive ketones (excluding diaryl/α,β-unsaturated/α-hetero) is 3. The third-order valence-electron chi connectivity index (χ3n) is 23.4. The minimum Gasteiger partial charge on any atom is -0.494 e. The Labute approximate surface area is 874 Å². The number of anilines is 2. The van der Waals surface area contributed by atoms with Crippen molar-refractivity contribution in [3.8, 4) is 11.5 Å². The average molecular weight is 2080 g/mol. The van der Waals surface area contributed by atoms with E-state index in [4.69, 9.17) is 44.5 Å². The molecule has 29 nitrogen and oxygen atoms in total. The molecule has 2 aliphatic heterocycles. The first-order valence-electron chi connectivity index (χ1n) is 50.3. The van der Waals surface area contributed by atoms with Gasteiger partial charge in [-0.05, 0) is 209 Å². The molecule has 1 saturated heterocycles. The van der Waals surface area contributed by atoms with Crippen LogP contribution in [0.4, 0.5) is 16.2 Å². The molecule has 0 saturated carbocycles. The maximum atomic E-state index is 13.0. The number of hydrogen-bond donors (Lipinski definition) is 4. The van der Waals surface area contributed by atoms with Gasteiger partial charge in [0.1, 0.15) is 35.4 Å². The van der Waals surface area contributed by atoms with Crippen LogP contribution in [0.15, 0.2) is 232 Å². The predicted molar refractivity (Wildman–Crippen MR) is 580 cm³/mol. The largest absolute Gasteiger partial charge is 0.494 e. The number of esters is 1. The third-order valence-corrected chi connectivity index (χ3v) is 27.3. The van der Waals surface area contributed by atoms with Gasteiger partial charge in [0.15, 0.2) is 22.4 Å². The summed E-state index contributed by atoms with van der Waals surface area (Å²) in [6.07, 6.45) is 15.0. The van der Waals surface area contributed by atoms with Gasteiger partial charge in [-0.25, -0.2) is 23.0 Å². The van der Waals surface area contributed by atoms with Crippen LogP contribution in [0.3, 0.4) is 0 Å². The Morgan fingerprint density at radius 1 is 0.644 bits per heavy atom. The van der Waals surface area contributed by atoms with E-state index < -0.39 is 43.4 Å². The van der Waals surface area contributed by atoms with Gasteiger partial charge in [0, 0.05) is 158 Å². The van der Waals surface area contributed by atoms with E-state index in [0.717, 1.165) is 114 Å². The number of thioether (sulfide) groups is 1. The zero-order valence-electron chi connectivity index (χ0n) is 87.8. The molecule has 2 unspecified atom stereocenters. The summed E-state index contributed by atoms with van der Waals surface area (Å²) in [5.74, 6) is 0.0881. The number of carbonyl (C=O) groups is 8. The van der Waals surface area contributed by atoms with E-state index in [0.29, 0.717) is 124 Å². The number of aromatic nitrogens is 1. The fraction of sp³-hybridized carbons (Fsp3) is 0.451. The molecule has 8 aromatic carbocycles. The van der Waals surface area contributed by atoms with E-state index in [1.54, 1.807) is 83.6 Å².